The number of rotatable bonds is 8. The Bertz CT molecular complexity index is 594. The van der Waals surface area contributed by atoms with Gasteiger partial charge in [-0.3, -0.25) is 4.79 Å². The van der Waals surface area contributed by atoms with Crippen LogP contribution in [0.4, 0.5) is 10.5 Å². The van der Waals surface area contributed by atoms with Crippen LogP contribution in [0.5, 0.6) is 0 Å². The first kappa shape index (κ1) is 22.0. The minimum Gasteiger partial charge on any atom is -0.444 e. The van der Waals surface area contributed by atoms with E-state index < -0.39 is 5.60 Å². The van der Waals surface area contributed by atoms with Crippen LogP contribution in [-0.2, 0) is 20.8 Å². The standard InChI is InChI=1S/C20H32N2O4/c1-7-22(19(24)26-20(4,5)6)14-16-10-8-9-11-17(16)21-18(23)12-13-25-15(2)3/h8-11,15H,7,12-14H2,1-6H3,(H,21,23). The van der Waals surface area contributed by atoms with E-state index in [4.69, 9.17) is 9.47 Å². The van der Waals surface area contributed by atoms with E-state index in [1.54, 1.807) is 4.90 Å². The zero-order valence-electron chi connectivity index (χ0n) is 16.8. The van der Waals surface area contributed by atoms with E-state index in [0.29, 0.717) is 25.4 Å². The molecule has 0 aromatic heterocycles. The largest absolute Gasteiger partial charge is 0.444 e. The summed E-state index contributed by atoms with van der Waals surface area (Å²) in [5.74, 6) is -0.113. The second-order valence-electron chi connectivity index (χ2n) is 7.37. The molecule has 0 bridgehead atoms. The summed E-state index contributed by atoms with van der Waals surface area (Å²) in [6.45, 7) is 12.5. The molecule has 0 unspecified atom stereocenters. The number of nitrogens with one attached hydrogen (secondary N) is 1. The highest BCUT2D eigenvalue weighted by molar-refractivity contribution is 5.91. The maximum atomic E-state index is 12.3. The Hall–Kier alpha value is -2.08. The summed E-state index contributed by atoms with van der Waals surface area (Å²) in [5, 5.41) is 2.90. The summed E-state index contributed by atoms with van der Waals surface area (Å²) in [5.41, 5.74) is 1.01. The highest BCUT2D eigenvalue weighted by Crippen LogP contribution is 2.19. The van der Waals surface area contributed by atoms with Gasteiger partial charge in [-0.05, 0) is 53.2 Å². The summed E-state index contributed by atoms with van der Waals surface area (Å²) in [4.78, 5) is 26.1. The van der Waals surface area contributed by atoms with Crippen molar-refractivity contribution in [3.8, 4) is 0 Å². The Labute approximate surface area is 156 Å². The molecule has 6 nitrogen and oxygen atoms in total. The number of para-hydroxylation sites is 1. The molecule has 0 radical (unpaired) electrons. The molecule has 146 valence electrons. The topological polar surface area (TPSA) is 67.9 Å². The van der Waals surface area contributed by atoms with Crippen LogP contribution in [0.1, 0.15) is 53.5 Å². The van der Waals surface area contributed by atoms with Gasteiger partial charge in [0.05, 0.1) is 25.7 Å². The van der Waals surface area contributed by atoms with Crippen LogP contribution in [0.3, 0.4) is 0 Å². The van der Waals surface area contributed by atoms with Gasteiger partial charge < -0.3 is 19.7 Å². The lowest BCUT2D eigenvalue weighted by atomic mass is 10.1. The molecule has 1 aromatic rings. The van der Waals surface area contributed by atoms with Gasteiger partial charge in [-0.25, -0.2) is 4.79 Å². The van der Waals surface area contributed by atoms with Crippen molar-refractivity contribution in [2.75, 3.05) is 18.5 Å². The summed E-state index contributed by atoms with van der Waals surface area (Å²) in [6.07, 6.45) is 0.0179. The molecular formula is C20H32N2O4. The van der Waals surface area contributed by atoms with Gasteiger partial charge in [0.1, 0.15) is 5.60 Å². The number of amides is 2. The Morgan fingerprint density at radius 2 is 1.85 bits per heavy atom. The van der Waals surface area contributed by atoms with Crippen molar-refractivity contribution in [3.63, 3.8) is 0 Å². The number of benzene rings is 1. The van der Waals surface area contributed by atoms with E-state index in [2.05, 4.69) is 5.32 Å². The number of carbonyl (C=O) groups excluding carboxylic acids is 2. The molecular weight excluding hydrogens is 332 g/mol. The summed E-state index contributed by atoms with van der Waals surface area (Å²) in [6, 6.07) is 7.47. The Kier molecular flexibility index (Phi) is 8.58. The van der Waals surface area contributed by atoms with E-state index in [1.165, 1.54) is 0 Å². The molecule has 2 amide bonds. The zero-order valence-corrected chi connectivity index (χ0v) is 16.8. The molecule has 1 N–H and O–H groups in total. The number of hydrogen-bond acceptors (Lipinski definition) is 4. The maximum Gasteiger partial charge on any atom is 0.410 e. The van der Waals surface area contributed by atoms with Crippen molar-refractivity contribution in [1.29, 1.82) is 0 Å². The molecule has 0 spiro atoms. The lowest BCUT2D eigenvalue weighted by molar-refractivity contribution is -0.117. The van der Waals surface area contributed by atoms with Gasteiger partial charge in [-0.15, -0.1) is 0 Å². The number of nitrogens with zero attached hydrogens (tertiary/aromatic N) is 1. The molecule has 1 aromatic carbocycles. The monoisotopic (exact) mass is 364 g/mol. The van der Waals surface area contributed by atoms with E-state index in [9.17, 15) is 9.59 Å². The summed E-state index contributed by atoms with van der Waals surface area (Å²) in [7, 11) is 0. The third-order valence-corrected chi connectivity index (χ3v) is 3.47. The quantitative estimate of drug-likeness (QED) is 0.751. The fourth-order valence-corrected chi connectivity index (χ4v) is 2.22. The predicted octanol–water partition coefficient (Wildman–Crippen LogP) is 4.20. The lowest BCUT2D eigenvalue weighted by Gasteiger charge is -2.27. The minimum absolute atomic E-state index is 0.0991. The number of ether oxygens (including phenoxy) is 2. The molecule has 26 heavy (non-hydrogen) atoms. The predicted molar refractivity (Wildman–Crippen MR) is 103 cm³/mol. The van der Waals surface area contributed by atoms with Gasteiger partial charge in [0.15, 0.2) is 0 Å². The van der Waals surface area contributed by atoms with Crippen LogP contribution in [0.25, 0.3) is 0 Å². The third-order valence-electron chi connectivity index (χ3n) is 3.47. The number of carbonyl (C=O) groups is 2. The van der Waals surface area contributed by atoms with Crippen LogP contribution in [0.2, 0.25) is 0 Å². The average Bonchev–Trinajstić information content (AvgIpc) is 2.51. The molecule has 0 saturated heterocycles. The summed E-state index contributed by atoms with van der Waals surface area (Å²) < 4.78 is 10.9. The van der Waals surface area contributed by atoms with Gasteiger partial charge in [0.2, 0.25) is 5.91 Å². The van der Waals surface area contributed by atoms with Gasteiger partial charge in [-0.1, -0.05) is 18.2 Å². The highest BCUT2D eigenvalue weighted by Gasteiger charge is 2.22. The van der Waals surface area contributed by atoms with E-state index in [-0.39, 0.29) is 24.5 Å². The van der Waals surface area contributed by atoms with Crippen molar-refractivity contribution < 1.29 is 19.1 Å². The van der Waals surface area contributed by atoms with Crippen LogP contribution in [0, 0.1) is 0 Å². The summed E-state index contributed by atoms with van der Waals surface area (Å²) >= 11 is 0. The van der Waals surface area contributed by atoms with Crippen molar-refractivity contribution in [3.05, 3.63) is 29.8 Å². The Balaban J connectivity index is 2.75. The van der Waals surface area contributed by atoms with Gasteiger partial charge in [0.25, 0.3) is 0 Å². The second-order valence-corrected chi connectivity index (χ2v) is 7.37. The maximum absolute atomic E-state index is 12.3. The smallest absolute Gasteiger partial charge is 0.410 e. The van der Waals surface area contributed by atoms with Gasteiger partial charge in [0, 0.05) is 12.2 Å². The molecule has 1 rings (SSSR count). The lowest BCUT2D eigenvalue weighted by Crippen LogP contribution is -2.36. The van der Waals surface area contributed by atoms with Crippen LogP contribution >= 0.6 is 0 Å². The van der Waals surface area contributed by atoms with Gasteiger partial charge in [-0.2, -0.15) is 0 Å². The van der Waals surface area contributed by atoms with Crippen LogP contribution in [-0.4, -0.2) is 41.8 Å². The molecule has 0 aliphatic heterocycles. The highest BCUT2D eigenvalue weighted by atomic mass is 16.6. The Morgan fingerprint density at radius 1 is 1.19 bits per heavy atom. The first-order chi connectivity index (χ1) is 12.1. The number of anilines is 1. The SMILES string of the molecule is CCN(Cc1ccccc1NC(=O)CCOC(C)C)C(=O)OC(C)(C)C. The van der Waals surface area contributed by atoms with Crippen molar-refractivity contribution in [1.82, 2.24) is 4.90 Å². The van der Waals surface area contributed by atoms with Crippen LogP contribution in [0.15, 0.2) is 24.3 Å². The first-order valence-electron chi connectivity index (χ1n) is 9.09. The van der Waals surface area contributed by atoms with Crippen molar-refractivity contribution in [2.45, 2.75) is 66.2 Å². The molecule has 0 heterocycles. The van der Waals surface area contributed by atoms with E-state index in [0.717, 1.165) is 5.56 Å². The average molecular weight is 364 g/mol. The fourth-order valence-electron chi connectivity index (χ4n) is 2.22. The number of hydrogen-bond donors (Lipinski definition) is 1. The third kappa shape index (κ3) is 8.34. The minimum atomic E-state index is -0.547. The molecule has 0 aliphatic rings. The van der Waals surface area contributed by atoms with Crippen LogP contribution < -0.4 is 5.32 Å². The van der Waals surface area contributed by atoms with Gasteiger partial charge >= 0.3 is 6.09 Å². The normalized spacial score (nSPS) is 11.3. The second kappa shape index (κ2) is 10.2. The van der Waals surface area contributed by atoms with Crippen molar-refractivity contribution in [2.24, 2.45) is 0 Å². The Morgan fingerprint density at radius 3 is 2.42 bits per heavy atom. The molecule has 0 fully saturated rings. The molecule has 0 saturated carbocycles. The zero-order chi connectivity index (χ0) is 19.7. The van der Waals surface area contributed by atoms with E-state index >= 15 is 0 Å². The molecule has 6 heteroatoms. The molecule has 0 aliphatic carbocycles. The molecule has 0 atom stereocenters. The first-order valence-corrected chi connectivity index (χ1v) is 9.09. The fraction of sp³-hybridized carbons (Fsp3) is 0.600. The van der Waals surface area contributed by atoms with Crippen molar-refractivity contribution >= 4 is 17.7 Å². The van der Waals surface area contributed by atoms with E-state index in [1.807, 2.05) is 65.8 Å².